The van der Waals surface area contributed by atoms with Crippen LogP contribution < -0.4 is 15.4 Å². The van der Waals surface area contributed by atoms with Gasteiger partial charge in [0, 0.05) is 16.7 Å². The summed E-state index contributed by atoms with van der Waals surface area (Å²) in [6.45, 7) is 0.613. The third kappa shape index (κ3) is 2.74. The van der Waals surface area contributed by atoms with E-state index in [0.717, 1.165) is 15.7 Å². The van der Waals surface area contributed by atoms with Crippen molar-refractivity contribution in [1.82, 2.24) is 0 Å². The summed E-state index contributed by atoms with van der Waals surface area (Å²) in [5.74, 6) is 0.416. The molecule has 0 saturated heterocycles. The minimum atomic E-state index is -0.190. The van der Waals surface area contributed by atoms with Gasteiger partial charge in [-0.25, -0.2) is 0 Å². The van der Waals surface area contributed by atoms with E-state index in [0.29, 0.717) is 18.0 Å². The number of nitrogens with one attached hydrogen (secondary N) is 2. The number of amides is 1. The first-order chi connectivity index (χ1) is 10.2. The molecule has 3 rings (SSSR count). The van der Waals surface area contributed by atoms with Crippen LogP contribution in [0.1, 0.15) is 11.5 Å². The summed E-state index contributed by atoms with van der Waals surface area (Å²) in [7, 11) is 1.59. The Labute approximate surface area is 131 Å². The fraction of sp³-hybridized carbons (Fsp3) is 0.188. The number of hydrogen-bond acceptors (Lipinski definition) is 3. The van der Waals surface area contributed by atoms with Crippen LogP contribution in [-0.4, -0.2) is 19.6 Å². The first-order valence-electron chi connectivity index (χ1n) is 6.66. The molecule has 1 heterocycles. The zero-order valence-electron chi connectivity index (χ0n) is 11.5. The Morgan fingerprint density at radius 1 is 1.33 bits per heavy atom. The fourth-order valence-electron chi connectivity index (χ4n) is 2.52. The Balaban J connectivity index is 1.83. The van der Waals surface area contributed by atoms with Gasteiger partial charge in [-0.15, -0.1) is 0 Å². The van der Waals surface area contributed by atoms with Crippen LogP contribution in [-0.2, 0) is 4.79 Å². The predicted molar refractivity (Wildman–Crippen MR) is 87.0 cm³/mol. The lowest BCUT2D eigenvalue weighted by Gasteiger charge is -2.14. The van der Waals surface area contributed by atoms with Crippen LogP contribution in [0.15, 0.2) is 46.9 Å². The average Bonchev–Trinajstić information content (AvgIpc) is 2.91. The number of hydrogen-bond donors (Lipinski definition) is 2. The Bertz CT molecular complexity index is 688. The number of benzene rings is 2. The first kappa shape index (κ1) is 13.9. The normalized spacial score (nSPS) is 16.0. The molecule has 0 radical (unpaired) electrons. The lowest BCUT2D eigenvalue weighted by molar-refractivity contribution is -0.117. The quantitative estimate of drug-likeness (QED) is 0.892. The van der Waals surface area contributed by atoms with E-state index in [1.165, 1.54) is 0 Å². The molecule has 1 aliphatic heterocycles. The standard InChI is InChI=1S/C16H15BrN2O2/c1-21-15-7-6-10(17)8-14(15)19-16(20)12-9-18-13-5-3-2-4-11(12)13/h2-8,12,18H,9H2,1H3,(H,19,20). The number of fused-ring (bicyclic) bond motifs is 1. The summed E-state index contributed by atoms with van der Waals surface area (Å²) in [6.07, 6.45) is 0. The maximum Gasteiger partial charge on any atom is 0.233 e. The molecule has 21 heavy (non-hydrogen) atoms. The number of rotatable bonds is 3. The molecule has 2 aromatic rings. The number of ether oxygens (including phenoxy) is 1. The summed E-state index contributed by atoms with van der Waals surface area (Å²) >= 11 is 3.41. The number of carbonyl (C=O) groups excluding carboxylic acids is 1. The molecule has 1 unspecified atom stereocenters. The van der Waals surface area contributed by atoms with Crippen molar-refractivity contribution >= 4 is 33.2 Å². The van der Waals surface area contributed by atoms with E-state index < -0.39 is 0 Å². The van der Waals surface area contributed by atoms with Gasteiger partial charge in [-0.1, -0.05) is 34.1 Å². The van der Waals surface area contributed by atoms with Gasteiger partial charge in [0.05, 0.1) is 18.7 Å². The molecule has 108 valence electrons. The van der Waals surface area contributed by atoms with Crippen LogP contribution in [0.25, 0.3) is 0 Å². The molecular formula is C16H15BrN2O2. The van der Waals surface area contributed by atoms with E-state index in [9.17, 15) is 4.79 Å². The lowest BCUT2D eigenvalue weighted by Crippen LogP contribution is -2.22. The van der Waals surface area contributed by atoms with Crippen molar-refractivity contribution in [2.45, 2.75) is 5.92 Å². The zero-order valence-corrected chi connectivity index (χ0v) is 13.1. The van der Waals surface area contributed by atoms with Crippen molar-refractivity contribution < 1.29 is 9.53 Å². The summed E-state index contributed by atoms with van der Waals surface area (Å²) in [5, 5.41) is 6.21. The van der Waals surface area contributed by atoms with E-state index >= 15 is 0 Å². The number of para-hydroxylation sites is 1. The summed E-state index contributed by atoms with van der Waals surface area (Å²) < 4.78 is 6.17. The van der Waals surface area contributed by atoms with Crippen LogP contribution in [0.3, 0.4) is 0 Å². The Kier molecular flexibility index (Phi) is 3.84. The third-order valence-corrected chi connectivity index (χ3v) is 4.06. The molecule has 1 aliphatic rings. The molecule has 0 fully saturated rings. The summed E-state index contributed by atoms with van der Waals surface area (Å²) in [5.41, 5.74) is 2.73. The maximum atomic E-state index is 12.5. The van der Waals surface area contributed by atoms with E-state index in [2.05, 4.69) is 26.6 Å². The molecular weight excluding hydrogens is 332 g/mol. The van der Waals surface area contributed by atoms with Crippen molar-refractivity contribution in [3.8, 4) is 5.75 Å². The fourth-order valence-corrected chi connectivity index (χ4v) is 2.88. The molecule has 2 aromatic carbocycles. The van der Waals surface area contributed by atoms with Gasteiger partial charge in [-0.05, 0) is 29.8 Å². The van der Waals surface area contributed by atoms with Crippen LogP contribution in [0.2, 0.25) is 0 Å². The zero-order chi connectivity index (χ0) is 14.8. The molecule has 0 saturated carbocycles. The highest BCUT2D eigenvalue weighted by molar-refractivity contribution is 9.10. The van der Waals surface area contributed by atoms with Gasteiger partial charge >= 0.3 is 0 Å². The van der Waals surface area contributed by atoms with Gasteiger partial charge in [0.15, 0.2) is 0 Å². The van der Waals surface area contributed by atoms with E-state index in [1.54, 1.807) is 7.11 Å². The average molecular weight is 347 g/mol. The van der Waals surface area contributed by atoms with E-state index in [-0.39, 0.29) is 11.8 Å². The molecule has 0 bridgehead atoms. The van der Waals surface area contributed by atoms with Gasteiger partial charge < -0.3 is 15.4 Å². The molecule has 2 N–H and O–H groups in total. The highest BCUT2D eigenvalue weighted by Gasteiger charge is 2.28. The largest absolute Gasteiger partial charge is 0.495 e. The second kappa shape index (κ2) is 5.77. The minimum absolute atomic E-state index is 0.0381. The van der Waals surface area contributed by atoms with Crippen molar-refractivity contribution in [2.75, 3.05) is 24.3 Å². The highest BCUT2D eigenvalue weighted by atomic mass is 79.9. The number of carbonyl (C=O) groups is 1. The number of methoxy groups -OCH3 is 1. The third-order valence-electron chi connectivity index (χ3n) is 3.57. The second-order valence-corrected chi connectivity index (χ2v) is 5.77. The van der Waals surface area contributed by atoms with Crippen molar-refractivity contribution in [2.24, 2.45) is 0 Å². The highest BCUT2D eigenvalue weighted by Crippen LogP contribution is 2.33. The number of halogens is 1. The number of anilines is 2. The molecule has 1 atom stereocenters. The van der Waals surface area contributed by atoms with Crippen molar-refractivity contribution in [3.05, 3.63) is 52.5 Å². The smallest absolute Gasteiger partial charge is 0.233 e. The van der Waals surface area contributed by atoms with Crippen LogP contribution in [0, 0.1) is 0 Å². The van der Waals surface area contributed by atoms with Gasteiger partial charge in [-0.3, -0.25) is 4.79 Å². The van der Waals surface area contributed by atoms with E-state index in [1.807, 2.05) is 42.5 Å². The second-order valence-electron chi connectivity index (χ2n) is 4.85. The minimum Gasteiger partial charge on any atom is -0.495 e. The molecule has 0 spiro atoms. The predicted octanol–water partition coefficient (Wildman–Crippen LogP) is 3.61. The van der Waals surface area contributed by atoms with Crippen LogP contribution in [0.4, 0.5) is 11.4 Å². The summed E-state index contributed by atoms with van der Waals surface area (Å²) in [6, 6.07) is 13.4. The van der Waals surface area contributed by atoms with Gasteiger partial charge in [0.25, 0.3) is 0 Å². The van der Waals surface area contributed by atoms with Gasteiger partial charge in [-0.2, -0.15) is 0 Å². The van der Waals surface area contributed by atoms with Crippen molar-refractivity contribution in [3.63, 3.8) is 0 Å². The monoisotopic (exact) mass is 346 g/mol. The molecule has 4 nitrogen and oxygen atoms in total. The van der Waals surface area contributed by atoms with Crippen molar-refractivity contribution in [1.29, 1.82) is 0 Å². The SMILES string of the molecule is COc1ccc(Br)cc1NC(=O)C1CNc2ccccc21. The van der Waals surface area contributed by atoms with Gasteiger partial charge in [0.2, 0.25) is 5.91 Å². The van der Waals surface area contributed by atoms with Crippen LogP contribution in [0.5, 0.6) is 5.75 Å². The topological polar surface area (TPSA) is 50.4 Å². The van der Waals surface area contributed by atoms with Crippen LogP contribution >= 0.6 is 15.9 Å². The molecule has 0 aromatic heterocycles. The molecule has 1 amide bonds. The first-order valence-corrected chi connectivity index (χ1v) is 7.45. The maximum absolute atomic E-state index is 12.5. The molecule has 0 aliphatic carbocycles. The Morgan fingerprint density at radius 3 is 2.95 bits per heavy atom. The van der Waals surface area contributed by atoms with Gasteiger partial charge in [0.1, 0.15) is 5.75 Å². The Hall–Kier alpha value is -2.01. The molecule has 5 heteroatoms. The van der Waals surface area contributed by atoms with E-state index in [4.69, 9.17) is 4.74 Å². The summed E-state index contributed by atoms with van der Waals surface area (Å²) in [4.78, 5) is 12.5. The Morgan fingerprint density at radius 2 is 2.14 bits per heavy atom. The lowest BCUT2D eigenvalue weighted by atomic mass is 10.0.